The smallest absolute Gasteiger partial charge is 0.396 e. The van der Waals surface area contributed by atoms with Crippen LogP contribution in [0.2, 0.25) is 0 Å². The van der Waals surface area contributed by atoms with E-state index in [0.717, 1.165) is 41.2 Å². The Hall–Kier alpha value is -3.38. The zero-order valence-corrected chi connectivity index (χ0v) is 17.9. The molecule has 1 heterocycles. The minimum atomic E-state index is -0.473. The number of unbranched alkanes of at least 4 members (excludes halogenated alkanes) is 2. The van der Waals surface area contributed by atoms with Gasteiger partial charge in [0.1, 0.15) is 11.5 Å². The molecule has 0 bridgehead atoms. The van der Waals surface area contributed by atoms with E-state index < -0.39 is 5.97 Å². The van der Waals surface area contributed by atoms with E-state index in [4.69, 9.17) is 13.9 Å². The van der Waals surface area contributed by atoms with Crippen LogP contribution in [-0.2, 0) is 0 Å². The molecule has 0 saturated heterocycles. The number of rotatable bonds is 8. The van der Waals surface area contributed by atoms with Gasteiger partial charge in [-0.15, -0.1) is 0 Å². The summed E-state index contributed by atoms with van der Waals surface area (Å²) in [5.74, 6) is 0.718. The van der Waals surface area contributed by atoms with Crippen LogP contribution in [0.5, 0.6) is 11.5 Å². The number of hydrogen-bond donors (Lipinski definition) is 0. The van der Waals surface area contributed by atoms with E-state index in [-0.39, 0.29) is 4.94 Å². The fraction of sp³-hybridized carbons (Fsp3) is 0.200. The fourth-order valence-electron chi connectivity index (χ4n) is 3.17. The molecule has 3 aromatic carbocycles. The van der Waals surface area contributed by atoms with Gasteiger partial charge in [0.25, 0.3) is 0 Å². The number of esters is 1. The first kappa shape index (κ1) is 20.9. The molecule has 0 saturated carbocycles. The average molecular weight is 435 g/mol. The van der Waals surface area contributed by atoms with Crippen LogP contribution in [0.25, 0.3) is 21.4 Å². The largest absolute Gasteiger partial charge is 0.494 e. The van der Waals surface area contributed by atoms with Crippen LogP contribution >= 0.6 is 11.3 Å². The highest BCUT2D eigenvalue weighted by molar-refractivity contribution is 7.16. The molecule has 0 radical (unpaired) electrons. The topological polar surface area (TPSA) is 65.7 Å². The van der Waals surface area contributed by atoms with Gasteiger partial charge in [0.15, 0.2) is 5.58 Å². The summed E-state index contributed by atoms with van der Waals surface area (Å²) in [7, 11) is 0. The maximum atomic E-state index is 12.5. The molecule has 0 spiro atoms. The Kier molecular flexibility index (Phi) is 6.48. The van der Waals surface area contributed by atoms with Gasteiger partial charge in [0, 0.05) is 6.07 Å². The van der Waals surface area contributed by atoms with Crippen molar-refractivity contribution in [2.45, 2.75) is 26.2 Å². The summed E-state index contributed by atoms with van der Waals surface area (Å²) in [5, 5.41) is 0. The van der Waals surface area contributed by atoms with Crippen molar-refractivity contribution in [2.24, 2.45) is 0 Å². The van der Waals surface area contributed by atoms with Crippen molar-refractivity contribution in [1.82, 2.24) is 0 Å². The molecular formula is C25H22O5S. The molecule has 31 heavy (non-hydrogen) atoms. The molecule has 0 aliphatic heterocycles. The number of fused-ring (bicyclic) bond motifs is 1. The molecule has 1 aromatic heterocycles. The molecule has 0 atom stereocenters. The van der Waals surface area contributed by atoms with Crippen molar-refractivity contribution in [3.8, 4) is 22.6 Å². The van der Waals surface area contributed by atoms with E-state index in [1.165, 1.54) is 12.8 Å². The van der Waals surface area contributed by atoms with E-state index in [1.807, 2.05) is 36.4 Å². The summed E-state index contributed by atoms with van der Waals surface area (Å²) in [6.07, 6.45) is 3.41. The third-order valence-corrected chi connectivity index (χ3v) is 5.64. The first-order chi connectivity index (χ1) is 15.1. The molecule has 0 fully saturated rings. The molecular weight excluding hydrogens is 412 g/mol. The van der Waals surface area contributed by atoms with Gasteiger partial charge in [-0.2, -0.15) is 0 Å². The zero-order chi connectivity index (χ0) is 21.6. The molecule has 0 aliphatic carbocycles. The predicted octanol–water partition coefficient (Wildman–Crippen LogP) is 6.31. The van der Waals surface area contributed by atoms with Gasteiger partial charge in [0.05, 0.1) is 16.9 Å². The maximum Gasteiger partial charge on any atom is 0.396 e. The highest BCUT2D eigenvalue weighted by atomic mass is 32.1. The van der Waals surface area contributed by atoms with Crippen molar-refractivity contribution in [2.75, 3.05) is 6.61 Å². The molecule has 0 N–H and O–H groups in total. The van der Waals surface area contributed by atoms with E-state index in [2.05, 4.69) is 6.92 Å². The third-order valence-electron chi connectivity index (χ3n) is 4.84. The van der Waals surface area contributed by atoms with Crippen molar-refractivity contribution >= 4 is 27.6 Å². The van der Waals surface area contributed by atoms with Gasteiger partial charge in [-0.1, -0.05) is 55.4 Å². The fourth-order valence-corrected chi connectivity index (χ4v) is 3.82. The Bertz CT molecular complexity index is 1220. The van der Waals surface area contributed by atoms with Gasteiger partial charge in [-0.05, 0) is 53.9 Å². The summed E-state index contributed by atoms with van der Waals surface area (Å²) in [6, 6.07) is 20.1. The van der Waals surface area contributed by atoms with Crippen LogP contribution in [0, 0.1) is 0 Å². The van der Waals surface area contributed by atoms with Crippen molar-refractivity contribution < 1.29 is 18.7 Å². The van der Waals surface area contributed by atoms with Crippen molar-refractivity contribution in [3.63, 3.8) is 0 Å². The zero-order valence-electron chi connectivity index (χ0n) is 17.1. The second-order valence-corrected chi connectivity index (χ2v) is 8.09. The van der Waals surface area contributed by atoms with Crippen LogP contribution in [-0.4, -0.2) is 12.6 Å². The summed E-state index contributed by atoms with van der Waals surface area (Å²) in [6.45, 7) is 2.90. The first-order valence-corrected chi connectivity index (χ1v) is 11.0. The normalized spacial score (nSPS) is 10.9. The highest BCUT2D eigenvalue weighted by Crippen LogP contribution is 2.25. The lowest BCUT2D eigenvalue weighted by Gasteiger charge is -2.08. The lowest BCUT2D eigenvalue weighted by atomic mass is 10.0. The van der Waals surface area contributed by atoms with Crippen molar-refractivity contribution in [3.05, 3.63) is 82.0 Å². The van der Waals surface area contributed by atoms with Gasteiger partial charge in [-0.25, -0.2) is 9.59 Å². The molecule has 0 aliphatic rings. The van der Waals surface area contributed by atoms with Crippen molar-refractivity contribution in [1.29, 1.82) is 0 Å². The Morgan fingerprint density at radius 3 is 2.29 bits per heavy atom. The monoisotopic (exact) mass is 434 g/mol. The molecule has 4 rings (SSSR count). The summed E-state index contributed by atoms with van der Waals surface area (Å²) >= 11 is 1.01. The van der Waals surface area contributed by atoms with E-state index in [1.54, 1.807) is 30.3 Å². The summed E-state index contributed by atoms with van der Waals surface area (Å²) in [4.78, 5) is 23.4. The maximum absolute atomic E-state index is 12.5. The van der Waals surface area contributed by atoms with Crippen LogP contribution in [0.15, 0.2) is 75.9 Å². The molecule has 0 amide bonds. The van der Waals surface area contributed by atoms with Gasteiger partial charge < -0.3 is 13.9 Å². The number of carbonyl (C=O) groups is 1. The van der Waals surface area contributed by atoms with E-state index in [9.17, 15) is 9.59 Å². The Morgan fingerprint density at radius 1 is 0.903 bits per heavy atom. The second-order valence-electron chi connectivity index (χ2n) is 7.11. The minimum absolute atomic E-state index is 0.331. The lowest BCUT2D eigenvalue weighted by molar-refractivity contribution is 0.0735. The minimum Gasteiger partial charge on any atom is -0.494 e. The summed E-state index contributed by atoms with van der Waals surface area (Å²) in [5.41, 5.74) is 2.88. The average Bonchev–Trinajstić information content (AvgIpc) is 3.16. The standard InChI is InChI=1S/C25H22O5S/c1-2-3-4-15-28-20-11-9-18(10-12-20)17-5-7-19(8-6-17)24(26)29-21-13-14-23-22(16-21)30-25(27)31-23/h5-14,16H,2-4,15H2,1H3. The third kappa shape index (κ3) is 5.22. The Morgan fingerprint density at radius 2 is 1.58 bits per heavy atom. The second kappa shape index (κ2) is 9.62. The van der Waals surface area contributed by atoms with Crippen LogP contribution in [0.3, 0.4) is 0 Å². The lowest BCUT2D eigenvalue weighted by Crippen LogP contribution is -2.08. The predicted molar refractivity (Wildman–Crippen MR) is 122 cm³/mol. The van der Waals surface area contributed by atoms with Crippen LogP contribution in [0.1, 0.15) is 36.5 Å². The molecule has 158 valence electrons. The van der Waals surface area contributed by atoms with E-state index >= 15 is 0 Å². The van der Waals surface area contributed by atoms with Crippen LogP contribution in [0.4, 0.5) is 0 Å². The number of benzene rings is 3. The molecule has 0 unspecified atom stereocenters. The summed E-state index contributed by atoms with van der Waals surface area (Å²) < 4.78 is 16.9. The Balaban J connectivity index is 1.39. The number of carbonyl (C=O) groups excluding carboxylic acids is 1. The molecule has 6 heteroatoms. The number of ether oxygens (including phenoxy) is 2. The highest BCUT2D eigenvalue weighted by Gasteiger charge is 2.11. The molecule has 5 nitrogen and oxygen atoms in total. The molecule has 4 aromatic rings. The van der Waals surface area contributed by atoms with Crippen LogP contribution < -0.4 is 14.4 Å². The quantitative estimate of drug-likeness (QED) is 0.185. The van der Waals surface area contributed by atoms with E-state index in [0.29, 0.717) is 21.6 Å². The number of hydrogen-bond acceptors (Lipinski definition) is 6. The Labute approximate surface area is 183 Å². The SMILES string of the molecule is CCCCCOc1ccc(-c2ccc(C(=O)Oc3ccc4sc(=O)oc4c3)cc2)cc1. The van der Waals surface area contributed by atoms with Gasteiger partial charge in [0.2, 0.25) is 0 Å². The van der Waals surface area contributed by atoms with Gasteiger partial charge >= 0.3 is 10.9 Å². The van der Waals surface area contributed by atoms with Gasteiger partial charge in [-0.3, -0.25) is 0 Å². The first-order valence-electron chi connectivity index (χ1n) is 10.2.